The van der Waals surface area contributed by atoms with Crippen molar-refractivity contribution in [3.63, 3.8) is 0 Å². The third kappa shape index (κ3) is 4.32. The first-order valence-electron chi connectivity index (χ1n) is 8.19. The highest BCUT2D eigenvalue weighted by Gasteiger charge is 2.08. The van der Waals surface area contributed by atoms with Crippen LogP contribution < -0.4 is 20.1 Å². The van der Waals surface area contributed by atoms with Crippen LogP contribution in [-0.2, 0) is 6.54 Å². The molecule has 0 unspecified atom stereocenters. The lowest BCUT2D eigenvalue weighted by molar-refractivity contribution is 0.251. The van der Waals surface area contributed by atoms with Gasteiger partial charge in [0.05, 0.1) is 14.2 Å². The molecule has 0 atom stereocenters. The van der Waals surface area contributed by atoms with Crippen molar-refractivity contribution in [2.75, 3.05) is 19.5 Å². The highest BCUT2D eigenvalue weighted by atomic mass is 16.5. The van der Waals surface area contributed by atoms with E-state index in [2.05, 4.69) is 25.6 Å². The largest absolute Gasteiger partial charge is 0.493 e. The molecule has 0 aliphatic rings. The summed E-state index contributed by atoms with van der Waals surface area (Å²) in [5.41, 5.74) is 0.875. The van der Waals surface area contributed by atoms with Crippen molar-refractivity contribution in [3.8, 4) is 17.3 Å². The van der Waals surface area contributed by atoms with Crippen LogP contribution in [-0.4, -0.2) is 39.8 Å². The quantitative estimate of drug-likeness (QED) is 0.692. The highest BCUT2D eigenvalue weighted by Crippen LogP contribution is 2.27. The molecule has 0 spiro atoms. The average Bonchev–Trinajstić information content (AvgIpc) is 3.12. The Bertz CT molecular complexity index is 940. The predicted octanol–water partition coefficient (Wildman–Crippen LogP) is 2.31. The predicted molar refractivity (Wildman–Crippen MR) is 99.3 cm³/mol. The van der Waals surface area contributed by atoms with E-state index in [0.717, 1.165) is 11.4 Å². The topological polar surface area (TPSA) is 103 Å². The number of aryl methyl sites for hydroxylation is 1. The maximum absolute atomic E-state index is 12.2. The van der Waals surface area contributed by atoms with Crippen LogP contribution in [0.3, 0.4) is 0 Å². The lowest BCUT2D eigenvalue weighted by Gasteiger charge is -2.11. The van der Waals surface area contributed by atoms with Crippen LogP contribution in [0.2, 0.25) is 0 Å². The third-order valence-corrected chi connectivity index (χ3v) is 3.87. The van der Waals surface area contributed by atoms with Crippen LogP contribution in [0.25, 0.3) is 5.82 Å². The molecule has 1 aromatic carbocycles. The summed E-state index contributed by atoms with van der Waals surface area (Å²) in [5, 5.41) is 5.47. The number of amides is 2. The van der Waals surface area contributed by atoms with Crippen LogP contribution in [0.5, 0.6) is 11.5 Å². The molecule has 3 rings (SSSR count). The number of carbonyl (C=O) groups is 1. The van der Waals surface area contributed by atoms with Crippen molar-refractivity contribution in [1.82, 2.24) is 24.8 Å². The fourth-order valence-electron chi connectivity index (χ4n) is 2.50. The smallest absolute Gasteiger partial charge is 0.320 e. The number of aromatic nitrogens is 4. The summed E-state index contributed by atoms with van der Waals surface area (Å²) in [6, 6.07) is 6.75. The second-order valence-electron chi connectivity index (χ2n) is 5.60. The van der Waals surface area contributed by atoms with Gasteiger partial charge in [-0.05, 0) is 24.6 Å². The first-order valence-corrected chi connectivity index (χ1v) is 8.19. The van der Waals surface area contributed by atoms with Crippen LogP contribution in [0.4, 0.5) is 10.6 Å². The number of ether oxygens (including phenoxy) is 2. The molecule has 2 amide bonds. The molecule has 27 heavy (non-hydrogen) atoms. The van der Waals surface area contributed by atoms with Crippen LogP contribution in [0.15, 0.2) is 43.0 Å². The van der Waals surface area contributed by atoms with Crippen molar-refractivity contribution in [2.24, 2.45) is 0 Å². The van der Waals surface area contributed by atoms with Crippen LogP contribution in [0, 0.1) is 6.92 Å². The Morgan fingerprint density at radius 2 is 1.93 bits per heavy atom. The van der Waals surface area contributed by atoms with Gasteiger partial charge in [0.25, 0.3) is 0 Å². The molecule has 0 bridgehead atoms. The third-order valence-electron chi connectivity index (χ3n) is 3.87. The second-order valence-corrected chi connectivity index (χ2v) is 5.60. The lowest BCUT2D eigenvalue weighted by atomic mass is 10.2. The van der Waals surface area contributed by atoms with Gasteiger partial charge in [0.1, 0.15) is 23.8 Å². The molecule has 0 saturated heterocycles. The molecule has 0 fully saturated rings. The van der Waals surface area contributed by atoms with Crippen molar-refractivity contribution in [1.29, 1.82) is 0 Å². The number of nitrogens with zero attached hydrogens (tertiary/aromatic N) is 4. The van der Waals surface area contributed by atoms with E-state index in [-0.39, 0.29) is 6.03 Å². The average molecular weight is 368 g/mol. The van der Waals surface area contributed by atoms with Gasteiger partial charge < -0.3 is 14.8 Å². The van der Waals surface area contributed by atoms with E-state index < -0.39 is 0 Å². The molecular formula is C18H20N6O3. The second kappa shape index (κ2) is 8.17. The van der Waals surface area contributed by atoms with Gasteiger partial charge in [-0.1, -0.05) is 6.07 Å². The fourth-order valence-corrected chi connectivity index (χ4v) is 2.50. The summed E-state index contributed by atoms with van der Waals surface area (Å²) in [7, 11) is 3.14. The molecule has 0 radical (unpaired) electrons. The molecule has 2 aromatic heterocycles. The van der Waals surface area contributed by atoms with E-state index in [0.29, 0.717) is 29.7 Å². The molecule has 9 nitrogen and oxygen atoms in total. The number of benzene rings is 1. The Kier molecular flexibility index (Phi) is 5.50. The minimum absolute atomic E-state index is 0.324. The Balaban J connectivity index is 1.62. The summed E-state index contributed by atoms with van der Waals surface area (Å²) < 4.78 is 12.3. The van der Waals surface area contributed by atoms with Gasteiger partial charge in [0.2, 0.25) is 0 Å². The number of urea groups is 1. The normalized spacial score (nSPS) is 10.3. The lowest BCUT2D eigenvalue weighted by Crippen LogP contribution is -2.28. The van der Waals surface area contributed by atoms with E-state index in [4.69, 9.17) is 9.47 Å². The zero-order valence-corrected chi connectivity index (χ0v) is 15.3. The molecule has 0 saturated carbocycles. The van der Waals surface area contributed by atoms with Crippen molar-refractivity contribution >= 4 is 11.8 Å². The molecule has 3 aromatic rings. The van der Waals surface area contributed by atoms with Gasteiger partial charge in [-0.2, -0.15) is 0 Å². The monoisotopic (exact) mass is 368 g/mol. The van der Waals surface area contributed by atoms with Gasteiger partial charge in [-0.3, -0.25) is 9.88 Å². The van der Waals surface area contributed by atoms with Crippen molar-refractivity contribution in [3.05, 3.63) is 54.4 Å². The highest BCUT2D eigenvalue weighted by molar-refractivity contribution is 5.88. The maximum Gasteiger partial charge on any atom is 0.320 e. The van der Waals surface area contributed by atoms with Crippen LogP contribution >= 0.6 is 0 Å². The van der Waals surface area contributed by atoms with Gasteiger partial charge in [0, 0.05) is 25.0 Å². The van der Waals surface area contributed by atoms with Gasteiger partial charge in [-0.15, -0.1) is 0 Å². The van der Waals surface area contributed by atoms with E-state index in [9.17, 15) is 4.79 Å². The summed E-state index contributed by atoms with van der Waals surface area (Å²) >= 11 is 0. The number of anilines is 1. The summed E-state index contributed by atoms with van der Waals surface area (Å²) in [6.07, 6.45) is 4.86. The molecule has 0 aliphatic carbocycles. The minimum atomic E-state index is -0.378. The number of nitrogens with one attached hydrogen (secondary N) is 2. The van der Waals surface area contributed by atoms with Gasteiger partial charge >= 0.3 is 6.03 Å². The molecule has 0 aliphatic heterocycles. The zero-order chi connectivity index (χ0) is 19.2. The van der Waals surface area contributed by atoms with E-state index in [1.165, 1.54) is 6.33 Å². The molecule has 9 heteroatoms. The summed E-state index contributed by atoms with van der Waals surface area (Å²) in [6.45, 7) is 2.19. The van der Waals surface area contributed by atoms with E-state index in [1.807, 2.05) is 19.1 Å². The Hall–Kier alpha value is -3.62. The van der Waals surface area contributed by atoms with Crippen LogP contribution in [0.1, 0.15) is 11.4 Å². The number of hydrogen-bond donors (Lipinski definition) is 2. The standard InChI is InChI=1S/C18H20N6O3/c1-12-19-6-7-24(12)17-9-16(21-11-22-17)23-18(25)20-10-13-4-5-14(26-2)15(8-13)27-3/h4-9,11H,10H2,1-3H3,(H2,20,21,22,23,25). The maximum atomic E-state index is 12.2. The Morgan fingerprint density at radius 1 is 1.11 bits per heavy atom. The molecule has 2 heterocycles. The Labute approximate surface area is 156 Å². The summed E-state index contributed by atoms with van der Waals surface area (Å²) in [5.74, 6) is 3.04. The van der Waals surface area contributed by atoms with Crippen molar-refractivity contribution in [2.45, 2.75) is 13.5 Å². The number of methoxy groups -OCH3 is 2. The number of rotatable bonds is 6. The fraction of sp³-hybridized carbons (Fsp3) is 0.222. The first-order chi connectivity index (χ1) is 13.1. The Morgan fingerprint density at radius 3 is 2.63 bits per heavy atom. The minimum Gasteiger partial charge on any atom is -0.493 e. The van der Waals surface area contributed by atoms with Gasteiger partial charge in [-0.25, -0.2) is 19.7 Å². The molecule has 140 valence electrons. The molecule has 2 N–H and O–H groups in total. The molecular weight excluding hydrogens is 348 g/mol. The van der Waals surface area contributed by atoms with Gasteiger partial charge in [0.15, 0.2) is 11.5 Å². The SMILES string of the molecule is COc1ccc(CNC(=O)Nc2cc(-n3ccnc3C)ncn2)cc1OC. The zero-order valence-electron chi connectivity index (χ0n) is 15.3. The van der Waals surface area contributed by atoms with Crippen molar-refractivity contribution < 1.29 is 14.3 Å². The number of carbonyl (C=O) groups excluding carboxylic acids is 1. The number of imidazole rings is 1. The first kappa shape index (κ1) is 18.2. The van der Waals surface area contributed by atoms with E-state index in [1.54, 1.807) is 43.3 Å². The van der Waals surface area contributed by atoms with E-state index >= 15 is 0 Å². The number of hydrogen-bond acceptors (Lipinski definition) is 6. The summed E-state index contributed by atoms with van der Waals surface area (Å²) in [4.78, 5) is 24.6.